The van der Waals surface area contributed by atoms with E-state index in [0.717, 1.165) is 63.4 Å². The highest BCUT2D eigenvalue weighted by molar-refractivity contribution is 5.88. The van der Waals surface area contributed by atoms with E-state index in [1.807, 2.05) is 18.0 Å². The molecule has 0 atom stereocenters. The highest BCUT2D eigenvalue weighted by Crippen LogP contribution is 2.19. The smallest absolute Gasteiger partial charge is 0.323 e. The Morgan fingerprint density at radius 1 is 1.30 bits per heavy atom. The Morgan fingerprint density at radius 3 is 2.65 bits per heavy atom. The Morgan fingerprint density at radius 2 is 2.00 bits per heavy atom. The maximum Gasteiger partial charge on any atom is 0.323 e. The van der Waals surface area contributed by atoms with Crippen molar-refractivity contribution in [2.75, 3.05) is 31.5 Å². The average Bonchev–Trinajstić information content (AvgIpc) is 3.19. The number of nitrogens with zero attached hydrogens (tertiary/aromatic N) is 4. The van der Waals surface area contributed by atoms with E-state index in [4.69, 9.17) is 0 Å². The summed E-state index contributed by atoms with van der Waals surface area (Å²) in [6.45, 7) is 5.91. The molecule has 126 valence electrons. The number of hydrogen-bond donors (Lipinski definition) is 1. The van der Waals surface area contributed by atoms with Gasteiger partial charge >= 0.3 is 6.03 Å². The third kappa shape index (κ3) is 3.75. The van der Waals surface area contributed by atoms with Gasteiger partial charge in [-0.1, -0.05) is 25.5 Å². The van der Waals surface area contributed by atoms with Crippen molar-refractivity contribution < 1.29 is 4.79 Å². The summed E-state index contributed by atoms with van der Waals surface area (Å²) in [5, 5.41) is 7.44. The second-order valence-electron chi connectivity index (χ2n) is 6.47. The van der Waals surface area contributed by atoms with Crippen LogP contribution in [0, 0.1) is 0 Å². The molecule has 0 radical (unpaired) electrons. The highest BCUT2D eigenvalue weighted by Gasteiger charge is 2.27. The molecule has 1 saturated heterocycles. The Kier molecular flexibility index (Phi) is 5.00. The molecule has 1 fully saturated rings. The fourth-order valence-electron chi connectivity index (χ4n) is 3.44. The molecule has 0 bridgehead atoms. The van der Waals surface area contributed by atoms with Crippen LogP contribution >= 0.6 is 0 Å². The molecule has 0 saturated carbocycles. The molecule has 3 rings (SSSR count). The zero-order valence-corrected chi connectivity index (χ0v) is 14.2. The zero-order valence-electron chi connectivity index (χ0n) is 14.2. The van der Waals surface area contributed by atoms with E-state index in [-0.39, 0.29) is 6.03 Å². The number of hydrogen-bond acceptors (Lipinski definition) is 3. The molecule has 1 N–H and O–H groups in total. The minimum Gasteiger partial charge on any atom is -0.324 e. The van der Waals surface area contributed by atoms with Crippen molar-refractivity contribution in [3.8, 4) is 0 Å². The Bertz CT molecular complexity index is 564. The predicted octanol–water partition coefficient (Wildman–Crippen LogP) is 2.24. The second-order valence-corrected chi connectivity index (χ2v) is 6.47. The van der Waals surface area contributed by atoms with Crippen molar-refractivity contribution in [2.24, 2.45) is 7.05 Å². The Hall–Kier alpha value is -1.82. The molecule has 0 aliphatic carbocycles. The summed E-state index contributed by atoms with van der Waals surface area (Å²) in [5.41, 5.74) is 1.03. The van der Waals surface area contributed by atoms with Gasteiger partial charge in [-0.2, -0.15) is 5.10 Å². The maximum absolute atomic E-state index is 12.5. The van der Waals surface area contributed by atoms with Gasteiger partial charge in [-0.3, -0.25) is 14.9 Å². The lowest BCUT2D eigenvalue weighted by molar-refractivity contribution is 0.144. The van der Waals surface area contributed by atoms with Crippen LogP contribution in [-0.4, -0.2) is 57.8 Å². The van der Waals surface area contributed by atoms with Crippen LogP contribution in [0.5, 0.6) is 0 Å². The van der Waals surface area contributed by atoms with E-state index in [9.17, 15) is 4.79 Å². The summed E-state index contributed by atoms with van der Waals surface area (Å²) < 4.78 is 1.76. The zero-order chi connectivity index (χ0) is 16.2. The molecule has 2 aliphatic heterocycles. The fraction of sp³-hybridized carbons (Fsp3) is 0.647. The molecule has 6 nitrogen and oxygen atoms in total. The highest BCUT2D eigenvalue weighted by atomic mass is 16.2. The molecular weight excluding hydrogens is 290 g/mol. The van der Waals surface area contributed by atoms with Gasteiger partial charge in [-0.15, -0.1) is 0 Å². The Balaban J connectivity index is 1.51. The summed E-state index contributed by atoms with van der Waals surface area (Å²) in [4.78, 5) is 16.9. The van der Waals surface area contributed by atoms with Gasteiger partial charge in [-0.25, -0.2) is 4.79 Å². The monoisotopic (exact) mass is 317 g/mol. The van der Waals surface area contributed by atoms with Gasteiger partial charge in [0.1, 0.15) is 5.82 Å². The van der Waals surface area contributed by atoms with Crippen molar-refractivity contribution in [3.05, 3.63) is 23.9 Å². The molecule has 0 spiro atoms. The molecular formula is C17H27N5O. The Labute approximate surface area is 138 Å². The van der Waals surface area contributed by atoms with Crippen molar-refractivity contribution >= 4 is 11.8 Å². The van der Waals surface area contributed by atoms with Gasteiger partial charge in [-0.05, 0) is 19.3 Å². The molecule has 6 heteroatoms. The largest absolute Gasteiger partial charge is 0.324 e. The summed E-state index contributed by atoms with van der Waals surface area (Å²) in [6, 6.07) is 2.58. The normalized spacial score (nSPS) is 19.5. The molecule has 2 amide bonds. The predicted molar refractivity (Wildman–Crippen MR) is 91.5 cm³/mol. The topological polar surface area (TPSA) is 53.4 Å². The third-order valence-corrected chi connectivity index (χ3v) is 4.79. The van der Waals surface area contributed by atoms with E-state index in [2.05, 4.69) is 34.4 Å². The number of amides is 2. The summed E-state index contributed by atoms with van der Waals surface area (Å²) >= 11 is 0. The molecule has 0 unspecified atom stereocenters. The number of carbonyl (C=O) groups excluding carboxylic acids is 1. The first-order chi connectivity index (χ1) is 11.2. The lowest BCUT2D eigenvalue weighted by Gasteiger charge is -2.36. The molecule has 0 aromatic carbocycles. The van der Waals surface area contributed by atoms with Gasteiger partial charge in [0.05, 0.1) is 5.69 Å². The van der Waals surface area contributed by atoms with Gasteiger partial charge in [0.25, 0.3) is 0 Å². The van der Waals surface area contributed by atoms with Crippen LogP contribution in [0.1, 0.15) is 31.9 Å². The van der Waals surface area contributed by atoms with Crippen molar-refractivity contribution in [1.29, 1.82) is 0 Å². The number of likely N-dealkylation sites (tertiary alicyclic amines) is 1. The number of nitrogens with one attached hydrogen (secondary N) is 1. The number of rotatable bonds is 4. The first-order valence-electron chi connectivity index (χ1n) is 8.65. The first-order valence-corrected chi connectivity index (χ1v) is 8.65. The van der Waals surface area contributed by atoms with E-state index in [1.165, 1.54) is 0 Å². The minimum absolute atomic E-state index is 0.00551. The quantitative estimate of drug-likeness (QED) is 0.867. The lowest BCUT2D eigenvalue weighted by Crippen LogP contribution is -2.47. The third-order valence-electron chi connectivity index (χ3n) is 4.79. The van der Waals surface area contributed by atoms with E-state index >= 15 is 0 Å². The minimum atomic E-state index is -0.00551. The molecule has 1 aromatic rings. The molecule has 23 heavy (non-hydrogen) atoms. The van der Waals surface area contributed by atoms with Crippen LogP contribution in [0.25, 0.3) is 0 Å². The van der Waals surface area contributed by atoms with Crippen LogP contribution in [0.3, 0.4) is 0 Å². The van der Waals surface area contributed by atoms with Crippen molar-refractivity contribution in [3.63, 3.8) is 0 Å². The second kappa shape index (κ2) is 7.17. The number of aromatic nitrogens is 2. The summed E-state index contributed by atoms with van der Waals surface area (Å²) in [6.07, 6.45) is 8.58. The number of piperidine rings is 1. The molecule has 2 aliphatic rings. The van der Waals surface area contributed by atoms with Crippen LogP contribution in [0.15, 0.2) is 18.2 Å². The van der Waals surface area contributed by atoms with Gasteiger partial charge in [0, 0.05) is 45.3 Å². The number of aryl methyl sites for hydroxylation is 2. The van der Waals surface area contributed by atoms with Crippen molar-refractivity contribution in [1.82, 2.24) is 19.6 Å². The van der Waals surface area contributed by atoms with Crippen LogP contribution < -0.4 is 5.32 Å². The van der Waals surface area contributed by atoms with Gasteiger partial charge in [0.15, 0.2) is 0 Å². The van der Waals surface area contributed by atoms with Gasteiger partial charge in [0.2, 0.25) is 0 Å². The fourth-order valence-corrected chi connectivity index (χ4v) is 3.44. The van der Waals surface area contributed by atoms with Crippen LogP contribution in [-0.2, 0) is 13.5 Å². The number of urea groups is 1. The summed E-state index contributed by atoms with van der Waals surface area (Å²) in [7, 11) is 1.88. The van der Waals surface area contributed by atoms with E-state index in [0.29, 0.717) is 6.04 Å². The van der Waals surface area contributed by atoms with Crippen molar-refractivity contribution in [2.45, 2.75) is 38.6 Å². The van der Waals surface area contributed by atoms with E-state index < -0.39 is 0 Å². The summed E-state index contributed by atoms with van der Waals surface area (Å²) in [5.74, 6) is 0.782. The van der Waals surface area contributed by atoms with Gasteiger partial charge < -0.3 is 4.90 Å². The number of carbonyl (C=O) groups is 1. The molecule has 1 aromatic heterocycles. The average molecular weight is 317 g/mol. The lowest BCUT2D eigenvalue weighted by atomic mass is 10.0. The maximum atomic E-state index is 12.5. The van der Waals surface area contributed by atoms with Crippen LogP contribution in [0.4, 0.5) is 10.6 Å². The SMILES string of the molecule is CCCc1cc(NC(=O)N2CCC(N3CC=CC3)CC2)n(C)n1. The first kappa shape index (κ1) is 16.1. The van der Waals surface area contributed by atoms with E-state index in [1.54, 1.807) is 4.68 Å². The standard InChI is InChI=1S/C17H27N5O/c1-3-6-14-13-16(20(2)19-14)18-17(23)22-11-7-15(8-12-22)21-9-4-5-10-21/h4-5,13,15H,3,6-12H2,1-2H3,(H,18,23). The molecule has 3 heterocycles. The van der Waals surface area contributed by atoms with Crippen LogP contribution in [0.2, 0.25) is 0 Å². The number of anilines is 1.